The first-order valence-corrected chi connectivity index (χ1v) is 9.86. The van der Waals surface area contributed by atoms with Crippen molar-refractivity contribution >= 4 is 40.8 Å². The third kappa shape index (κ3) is 5.19. The van der Waals surface area contributed by atoms with Crippen LogP contribution >= 0.6 is 22.9 Å². The van der Waals surface area contributed by atoms with Crippen molar-refractivity contribution in [2.24, 2.45) is 0 Å². The number of nitrogens with zero attached hydrogens (tertiary/aromatic N) is 1. The van der Waals surface area contributed by atoms with Crippen LogP contribution in [0.25, 0.3) is 6.08 Å². The second-order valence-electron chi connectivity index (χ2n) is 6.26. The SMILES string of the molecule is CCN(Cc1ccc(Cl)s1)C(=O)/C=C/c1ccc(C(=O)NC2CC2)cc1. The molecule has 136 valence electrons. The first-order chi connectivity index (χ1) is 12.5. The fourth-order valence-electron chi connectivity index (χ4n) is 2.49. The number of benzene rings is 1. The second kappa shape index (κ2) is 8.52. The molecule has 1 fully saturated rings. The van der Waals surface area contributed by atoms with Crippen molar-refractivity contribution in [1.29, 1.82) is 0 Å². The minimum atomic E-state index is -0.0485. The zero-order valence-corrected chi connectivity index (χ0v) is 16.1. The second-order valence-corrected chi connectivity index (χ2v) is 8.06. The summed E-state index contributed by atoms with van der Waals surface area (Å²) in [5, 5.41) is 2.96. The number of thiophene rings is 1. The third-order valence-electron chi connectivity index (χ3n) is 4.17. The molecule has 0 atom stereocenters. The Morgan fingerprint density at radius 1 is 1.23 bits per heavy atom. The Labute approximate surface area is 162 Å². The minimum Gasteiger partial charge on any atom is -0.349 e. The monoisotopic (exact) mass is 388 g/mol. The zero-order chi connectivity index (χ0) is 18.5. The molecule has 26 heavy (non-hydrogen) atoms. The lowest BCUT2D eigenvalue weighted by Crippen LogP contribution is -2.28. The summed E-state index contributed by atoms with van der Waals surface area (Å²) < 4.78 is 0.727. The summed E-state index contributed by atoms with van der Waals surface area (Å²) in [5.41, 5.74) is 1.53. The number of likely N-dealkylation sites (N-methyl/N-ethyl adjacent to an activating group) is 1. The van der Waals surface area contributed by atoms with E-state index in [0.29, 0.717) is 24.7 Å². The molecule has 1 heterocycles. The summed E-state index contributed by atoms with van der Waals surface area (Å²) in [6, 6.07) is 11.4. The van der Waals surface area contributed by atoms with Gasteiger partial charge in [0.2, 0.25) is 5.91 Å². The van der Waals surface area contributed by atoms with Gasteiger partial charge in [-0.05, 0) is 55.7 Å². The predicted molar refractivity (Wildman–Crippen MR) is 106 cm³/mol. The van der Waals surface area contributed by atoms with Crippen LogP contribution in [0.3, 0.4) is 0 Å². The number of rotatable bonds is 7. The Morgan fingerprint density at radius 3 is 2.54 bits per heavy atom. The van der Waals surface area contributed by atoms with Crippen LogP contribution in [-0.4, -0.2) is 29.3 Å². The predicted octanol–water partition coefficient (Wildman–Crippen LogP) is 4.36. The van der Waals surface area contributed by atoms with Crippen LogP contribution < -0.4 is 5.32 Å². The average Bonchev–Trinajstić information content (AvgIpc) is 3.37. The standard InChI is InChI=1S/C20H21ClN2O2S/c1-2-23(13-17-10-11-18(21)26-17)19(24)12-5-14-3-6-15(7-4-14)20(25)22-16-8-9-16/h3-7,10-12,16H,2,8-9,13H2,1H3,(H,22,25)/b12-5+. The van der Waals surface area contributed by atoms with E-state index in [-0.39, 0.29) is 11.8 Å². The summed E-state index contributed by atoms with van der Waals surface area (Å²) in [6.45, 7) is 3.13. The molecule has 4 nitrogen and oxygen atoms in total. The molecule has 1 aromatic carbocycles. The number of hydrogen-bond acceptors (Lipinski definition) is 3. The van der Waals surface area contributed by atoms with Gasteiger partial charge in [-0.2, -0.15) is 0 Å². The lowest BCUT2D eigenvalue weighted by Gasteiger charge is -2.18. The molecule has 3 rings (SSSR count). The van der Waals surface area contributed by atoms with Crippen molar-refractivity contribution < 1.29 is 9.59 Å². The maximum Gasteiger partial charge on any atom is 0.251 e. The fourth-order valence-corrected chi connectivity index (χ4v) is 3.59. The van der Waals surface area contributed by atoms with Gasteiger partial charge in [0.1, 0.15) is 0 Å². The van der Waals surface area contributed by atoms with E-state index in [1.165, 1.54) is 11.3 Å². The number of hydrogen-bond donors (Lipinski definition) is 1. The summed E-state index contributed by atoms with van der Waals surface area (Å²) in [4.78, 5) is 27.2. The topological polar surface area (TPSA) is 49.4 Å². The van der Waals surface area contributed by atoms with Crippen molar-refractivity contribution in [1.82, 2.24) is 10.2 Å². The molecular weight excluding hydrogens is 368 g/mol. The Kier molecular flexibility index (Phi) is 6.12. The molecule has 0 spiro atoms. The van der Waals surface area contributed by atoms with Crippen molar-refractivity contribution in [2.75, 3.05) is 6.54 Å². The average molecular weight is 389 g/mol. The molecule has 1 N–H and O–H groups in total. The van der Waals surface area contributed by atoms with Gasteiger partial charge in [0, 0.05) is 29.1 Å². The Balaban J connectivity index is 1.58. The van der Waals surface area contributed by atoms with E-state index in [0.717, 1.165) is 27.6 Å². The van der Waals surface area contributed by atoms with Gasteiger partial charge >= 0.3 is 0 Å². The molecule has 6 heteroatoms. The lowest BCUT2D eigenvalue weighted by atomic mass is 10.1. The van der Waals surface area contributed by atoms with Gasteiger partial charge in [0.05, 0.1) is 10.9 Å². The van der Waals surface area contributed by atoms with Crippen molar-refractivity contribution in [3.8, 4) is 0 Å². The Bertz CT molecular complexity index is 809. The Morgan fingerprint density at radius 2 is 1.96 bits per heavy atom. The van der Waals surface area contributed by atoms with Crippen molar-refractivity contribution in [2.45, 2.75) is 32.4 Å². The van der Waals surface area contributed by atoms with E-state index in [1.807, 2.05) is 31.2 Å². The highest BCUT2D eigenvalue weighted by molar-refractivity contribution is 7.16. The van der Waals surface area contributed by atoms with E-state index in [9.17, 15) is 9.59 Å². The molecule has 2 amide bonds. The summed E-state index contributed by atoms with van der Waals surface area (Å²) in [5.74, 6) is -0.0848. The molecule has 0 unspecified atom stereocenters. The molecule has 1 aliphatic rings. The quantitative estimate of drug-likeness (QED) is 0.716. The molecule has 1 aromatic heterocycles. The molecule has 0 saturated heterocycles. The first-order valence-electron chi connectivity index (χ1n) is 8.67. The van der Waals surface area contributed by atoms with Crippen LogP contribution in [-0.2, 0) is 11.3 Å². The first kappa shape index (κ1) is 18.7. The number of nitrogens with one attached hydrogen (secondary N) is 1. The van der Waals surface area contributed by atoms with E-state index < -0.39 is 0 Å². The van der Waals surface area contributed by atoms with Gasteiger partial charge in [-0.25, -0.2) is 0 Å². The minimum absolute atomic E-state index is 0.0362. The maximum atomic E-state index is 12.4. The smallest absolute Gasteiger partial charge is 0.251 e. The van der Waals surface area contributed by atoms with Crippen LogP contribution in [0.5, 0.6) is 0 Å². The van der Waals surface area contributed by atoms with Crippen LogP contribution in [0.4, 0.5) is 0 Å². The molecule has 0 bridgehead atoms. The van der Waals surface area contributed by atoms with Crippen LogP contribution in [0.1, 0.15) is 40.6 Å². The van der Waals surface area contributed by atoms with Crippen molar-refractivity contribution in [3.05, 3.63) is 62.8 Å². The maximum absolute atomic E-state index is 12.4. The summed E-state index contributed by atoms with van der Waals surface area (Å²) in [7, 11) is 0. The molecule has 1 saturated carbocycles. The van der Waals surface area contributed by atoms with Gasteiger partial charge in [-0.3, -0.25) is 9.59 Å². The number of amides is 2. The van der Waals surface area contributed by atoms with Gasteiger partial charge in [-0.15, -0.1) is 11.3 Å². The van der Waals surface area contributed by atoms with E-state index in [1.54, 1.807) is 29.2 Å². The van der Waals surface area contributed by atoms with E-state index >= 15 is 0 Å². The van der Waals surface area contributed by atoms with E-state index in [4.69, 9.17) is 11.6 Å². The number of halogens is 1. The van der Waals surface area contributed by atoms with Crippen LogP contribution in [0, 0.1) is 0 Å². The number of carbonyl (C=O) groups excluding carboxylic acids is 2. The van der Waals surface area contributed by atoms with Crippen LogP contribution in [0.15, 0.2) is 42.5 Å². The summed E-state index contributed by atoms with van der Waals surface area (Å²) >= 11 is 7.43. The van der Waals surface area contributed by atoms with Gasteiger partial charge in [-0.1, -0.05) is 23.7 Å². The molecule has 0 aliphatic heterocycles. The third-order valence-corrected chi connectivity index (χ3v) is 5.39. The lowest BCUT2D eigenvalue weighted by molar-refractivity contribution is -0.126. The largest absolute Gasteiger partial charge is 0.349 e. The molecule has 2 aromatic rings. The highest BCUT2D eigenvalue weighted by Crippen LogP contribution is 2.23. The van der Waals surface area contributed by atoms with Gasteiger partial charge in [0.15, 0.2) is 0 Å². The fraction of sp³-hybridized carbons (Fsp3) is 0.300. The Hall–Kier alpha value is -2.11. The molecule has 0 radical (unpaired) electrons. The highest BCUT2D eigenvalue weighted by Gasteiger charge is 2.23. The zero-order valence-electron chi connectivity index (χ0n) is 14.6. The van der Waals surface area contributed by atoms with E-state index in [2.05, 4.69) is 5.32 Å². The van der Waals surface area contributed by atoms with Crippen LogP contribution in [0.2, 0.25) is 4.34 Å². The highest BCUT2D eigenvalue weighted by atomic mass is 35.5. The van der Waals surface area contributed by atoms with Crippen molar-refractivity contribution in [3.63, 3.8) is 0 Å². The number of carbonyl (C=O) groups is 2. The normalized spacial score (nSPS) is 13.8. The van der Waals surface area contributed by atoms with Gasteiger partial charge in [0.25, 0.3) is 5.91 Å². The molecular formula is C20H21ClN2O2S. The van der Waals surface area contributed by atoms with Gasteiger partial charge < -0.3 is 10.2 Å². The summed E-state index contributed by atoms with van der Waals surface area (Å²) in [6.07, 6.45) is 5.48. The molecule has 1 aliphatic carbocycles.